The summed E-state index contributed by atoms with van der Waals surface area (Å²) in [6, 6.07) is 5.50. The molecule has 0 radical (unpaired) electrons. The van der Waals surface area contributed by atoms with E-state index in [0.29, 0.717) is 10.6 Å². The zero-order valence-corrected chi connectivity index (χ0v) is 8.20. The van der Waals surface area contributed by atoms with Gasteiger partial charge in [-0.05, 0) is 40.5 Å². The predicted molar refractivity (Wildman–Crippen MR) is 48.6 cm³/mol. The van der Waals surface area contributed by atoms with Crippen LogP contribution in [-0.4, -0.2) is 0 Å². The Hall–Kier alpha value is -0.520. The quantitative estimate of drug-likeness (QED) is 0.671. The fourth-order valence-corrected chi connectivity index (χ4v) is 1.40. The van der Waals surface area contributed by atoms with Crippen LogP contribution in [0.3, 0.4) is 0 Å². The highest BCUT2D eigenvalue weighted by atomic mass is 79.9. The van der Waals surface area contributed by atoms with Gasteiger partial charge in [-0.3, -0.25) is 0 Å². The fourth-order valence-electron chi connectivity index (χ4n) is 0.807. The third-order valence-corrected chi connectivity index (χ3v) is 2.61. The van der Waals surface area contributed by atoms with Crippen molar-refractivity contribution in [2.24, 2.45) is 0 Å². The average Bonchev–Trinajstić information content (AvgIpc) is 1.96. The van der Waals surface area contributed by atoms with Gasteiger partial charge in [0.25, 0.3) is 0 Å². The van der Waals surface area contributed by atoms with Crippen LogP contribution in [0.4, 0.5) is 0 Å². The molecule has 0 saturated heterocycles. The molecular formula is C8H5BrClN. The van der Waals surface area contributed by atoms with Crippen LogP contribution in [-0.2, 0) is 0 Å². The van der Waals surface area contributed by atoms with Gasteiger partial charge in [-0.1, -0.05) is 11.6 Å². The first-order valence-corrected chi connectivity index (χ1v) is 4.18. The van der Waals surface area contributed by atoms with Gasteiger partial charge in [-0.2, -0.15) is 5.26 Å². The van der Waals surface area contributed by atoms with Crippen LogP contribution in [0.25, 0.3) is 0 Å². The Morgan fingerprint density at radius 1 is 1.55 bits per heavy atom. The van der Waals surface area contributed by atoms with Crippen LogP contribution in [0.5, 0.6) is 0 Å². The van der Waals surface area contributed by atoms with Gasteiger partial charge in [0.1, 0.15) is 6.07 Å². The maximum Gasteiger partial charge on any atom is 0.100 e. The number of nitriles is 1. The van der Waals surface area contributed by atoms with E-state index < -0.39 is 0 Å². The second-order valence-corrected chi connectivity index (χ2v) is 3.43. The van der Waals surface area contributed by atoms with Gasteiger partial charge >= 0.3 is 0 Å². The van der Waals surface area contributed by atoms with Crippen molar-refractivity contribution in [3.8, 4) is 6.07 Å². The lowest BCUT2D eigenvalue weighted by molar-refractivity contribution is 1.38. The number of rotatable bonds is 0. The second-order valence-electron chi connectivity index (χ2n) is 2.20. The number of hydrogen-bond acceptors (Lipinski definition) is 1. The molecule has 3 heteroatoms. The molecule has 1 nitrogen and oxygen atoms in total. The largest absolute Gasteiger partial charge is 0.192 e. The molecule has 0 fully saturated rings. The van der Waals surface area contributed by atoms with E-state index in [1.807, 2.05) is 19.1 Å². The highest BCUT2D eigenvalue weighted by Crippen LogP contribution is 2.24. The van der Waals surface area contributed by atoms with Crippen LogP contribution in [0, 0.1) is 18.3 Å². The van der Waals surface area contributed by atoms with E-state index in [1.165, 1.54) is 0 Å². The molecule has 0 bridgehead atoms. The van der Waals surface area contributed by atoms with Crippen molar-refractivity contribution >= 4 is 27.5 Å². The Labute approximate surface area is 78.7 Å². The highest BCUT2D eigenvalue weighted by Gasteiger charge is 2.02. The van der Waals surface area contributed by atoms with E-state index in [-0.39, 0.29) is 0 Å². The van der Waals surface area contributed by atoms with Crippen molar-refractivity contribution in [2.75, 3.05) is 0 Å². The highest BCUT2D eigenvalue weighted by molar-refractivity contribution is 9.10. The van der Waals surface area contributed by atoms with Gasteiger partial charge in [0, 0.05) is 9.50 Å². The van der Waals surface area contributed by atoms with Gasteiger partial charge in [0.05, 0.1) is 5.56 Å². The summed E-state index contributed by atoms with van der Waals surface area (Å²) >= 11 is 9.02. The molecule has 0 amide bonds. The summed E-state index contributed by atoms with van der Waals surface area (Å²) < 4.78 is 0.824. The maximum atomic E-state index is 8.63. The van der Waals surface area contributed by atoms with Crippen molar-refractivity contribution in [2.45, 2.75) is 6.92 Å². The molecule has 11 heavy (non-hydrogen) atoms. The maximum absolute atomic E-state index is 8.63. The lowest BCUT2D eigenvalue weighted by Crippen LogP contribution is -1.82. The summed E-state index contributed by atoms with van der Waals surface area (Å²) in [4.78, 5) is 0. The van der Waals surface area contributed by atoms with Crippen molar-refractivity contribution in [3.05, 3.63) is 32.8 Å². The van der Waals surface area contributed by atoms with E-state index in [9.17, 15) is 0 Å². The van der Waals surface area contributed by atoms with Gasteiger partial charge in [-0.15, -0.1) is 0 Å². The van der Waals surface area contributed by atoms with E-state index in [0.717, 1.165) is 10.0 Å². The van der Waals surface area contributed by atoms with Crippen LogP contribution < -0.4 is 0 Å². The van der Waals surface area contributed by atoms with Crippen molar-refractivity contribution in [1.29, 1.82) is 5.26 Å². The lowest BCUT2D eigenvalue weighted by atomic mass is 10.2. The minimum Gasteiger partial charge on any atom is -0.192 e. The fraction of sp³-hybridized carbons (Fsp3) is 0.125. The first-order chi connectivity index (χ1) is 5.15. The molecule has 0 aliphatic heterocycles. The topological polar surface area (TPSA) is 23.8 Å². The molecule has 0 aliphatic rings. The molecule has 0 heterocycles. The summed E-state index contributed by atoms with van der Waals surface area (Å²) in [6.45, 7) is 1.90. The summed E-state index contributed by atoms with van der Waals surface area (Å²) in [7, 11) is 0. The van der Waals surface area contributed by atoms with Crippen LogP contribution in [0.2, 0.25) is 5.02 Å². The first-order valence-electron chi connectivity index (χ1n) is 3.01. The molecule has 0 N–H and O–H groups in total. The summed E-state index contributed by atoms with van der Waals surface area (Å²) in [6.07, 6.45) is 0. The van der Waals surface area contributed by atoms with Crippen LogP contribution >= 0.6 is 27.5 Å². The number of benzene rings is 1. The second kappa shape index (κ2) is 3.25. The van der Waals surface area contributed by atoms with Crippen LogP contribution in [0.1, 0.15) is 11.1 Å². The molecule has 1 aromatic carbocycles. The molecule has 56 valence electrons. The third kappa shape index (κ3) is 1.74. The van der Waals surface area contributed by atoms with Gasteiger partial charge < -0.3 is 0 Å². The van der Waals surface area contributed by atoms with E-state index in [1.54, 1.807) is 6.07 Å². The zero-order valence-electron chi connectivity index (χ0n) is 5.86. The number of hydrogen-bond donors (Lipinski definition) is 0. The van der Waals surface area contributed by atoms with Gasteiger partial charge in [0.2, 0.25) is 0 Å². The molecule has 1 aromatic rings. The molecule has 0 saturated carbocycles. The van der Waals surface area contributed by atoms with E-state index in [2.05, 4.69) is 15.9 Å². The Kier molecular flexibility index (Phi) is 2.53. The smallest absolute Gasteiger partial charge is 0.100 e. The molecule has 0 unspecified atom stereocenters. The lowest BCUT2D eigenvalue weighted by Gasteiger charge is -1.99. The molecule has 0 atom stereocenters. The molecule has 1 rings (SSSR count). The number of halogens is 2. The normalized spacial score (nSPS) is 9.27. The summed E-state index contributed by atoms with van der Waals surface area (Å²) in [5.74, 6) is 0. The molecular weight excluding hydrogens is 225 g/mol. The SMILES string of the molecule is Cc1cc(Cl)cc(C#N)c1Br. The predicted octanol–water partition coefficient (Wildman–Crippen LogP) is 3.28. The number of aryl methyl sites for hydroxylation is 1. The van der Waals surface area contributed by atoms with Crippen molar-refractivity contribution in [3.63, 3.8) is 0 Å². The zero-order chi connectivity index (χ0) is 8.43. The van der Waals surface area contributed by atoms with Gasteiger partial charge in [0.15, 0.2) is 0 Å². The van der Waals surface area contributed by atoms with Crippen molar-refractivity contribution < 1.29 is 0 Å². The summed E-state index contributed by atoms with van der Waals surface area (Å²) in [5, 5.41) is 9.23. The Bertz CT molecular complexity index is 328. The Morgan fingerprint density at radius 3 is 2.73 bits per heavy atom. The van der Waals surface area contributed by atoms with Gasteiger partial charge in [-0.25, -0.2) is 0 Å². The average molecular weight is 230 g/mol. The summed E-state index contributed by atoms with van der Waals surface area (Å²) in [5.41, 5.74) is 1.56. The van der Waals surface area contributed by atoms with Crippen LogP contribution in [0.15, 0.2) is 16.6 Å². The minimum absolute atomic E-state index is 0.579. The monoisotopic (exact) mass is 229 g/mol. The minimum atomic E-state index is 0.579. The number of nitrogens with zero attached hydrogens (tertiary/aromatic N) is 1. The molecule has 0 aromatic heterocycles. The van der Waals surface area contributed by atoms with E-state index >= 15 is 0 Å². The Morgan fingerprint density at radius 2 is 2.18 bits per heavy atom. The molecule has 0 spiro atoms. The van der Waals surface area contributed by atoms with E-state index in [4.69, 9.17) is 16.9 Å². The standard InChI is InChI=1S/C8H5BrClN/c1-5-2-7(10)3-6(4-11)8(5)9/h2-3H,1H3. The molecule has 0 aliphatic carbocycles. The first kappa shape index (κ1) is 8.58. The third-order valence-electron chi connectivity index (χ3n) is 1.34. The van der Waals surface area contributed by atoms with Crippen molar-refractivity contribution in [1.82, 2.24) is 0 Å². The Balaban J connectivity index is 3.39.